The number of aromatic carboxylic acids is 1. The number of rotatable bonds is 6. The molecule has 0 saturated heterocycles. The second kappa shape index (κ2) is 7.97. The number of nitrogens with one attached hydrogen (secondary N) is 1. The molecule has 0 radical (unpaired) electrons. The zero-order chi connectivity index (χ0) is 15.9. The van der Waals surface area contributed by atoms with Gasteiger partial charge in [-0.2, -0.15) is 0 Å². The predicted octanol–water partition coefficient (Wildman–Crippen LogP) is 3.26. The zero-order valence-electron chi connectivity index (χ0n) is 13.2. The second-order valence-electron chi connectivity index (χ2n) is 6.39. The van der Waals surface area contributed by atoms with Crippen LogP contribution in [0.2, 0.25) is 0 Å². The van der Waals surface area contributed by atoms with Gasteiger partial charge in [0.15, 0.2) is 0 Å². The normalized spacial score (nSPS) is 21.3. The van der Waals surface area contributed by atoms with Crippen molar-refractivity contribution in [3.05, 3.63) is 35.4 Å². The van der Waals surface area contributed by atoms with Crippen LogP contribution < -0.4 is 5.32 Å². The number of benzene rings is 1. The topological polar surface area (TPSA) is 66.4 Å². The molecule has 0 aliphatic heterocycles. The van der Waals surface area contributed by atoms with Gasteiger partial charge in [0.1, 0.15) is 0 Å². The summed E-state index contributed by atoms with van der Waals surface area (Å²) in [4.78, 5) is 23.1. The molecule has 0 unspecified atom stereocenters. The van der Waals surface area contributed by atoms with Crippen LogP contribution in [-0.4, -0.2) is 23.5 Å². The van der Waals surface area contributed by atoms with Gasteiger partial charge in [-0.15, -0.1) is 0 Å². The van der Waals surface area contributed by atoms with Crippen molar-refractivity contribution < 1.29 is 14.7 Å². The highest BCUT2D eigenvalue weighted by molar-refractivity contribution is 5.89. The fourth-order valence-electron chi connectivity index (χ4n) is 3.07. The van der Waals surface area contributed by atoms with Crippen molar-refractivity contribution in [3.8, 4) is 0 Å². The third-order valence-electron chi connectivity index (χ3n) is 4.59. The highest BCUT2D eigenvalue weighted by Gasteiger charge is 2.18. The highest BCUT2D eigenvalue weighted by Crippen LogP contribution is 2.27. The lowest BCUT2D eigenvalue weighted by Crippen LogP contribution is -2.31. The van der Waals surface area contributed by atoms with Crippen LogP contribution in [0.15, 0.2) is 24.3 Å². The minimum atomic E-state index is -0.938. The zero-order valence-corrected chi connectivity index (χ0v) is 13.2. The van der Waals surface area contributed by atoms with Crippen LogP contribution >= 0.6 is 0 Å². The lowest BCUT2D eigenvalue weighted by atomic mass is 9.83. The smallest absolute Gasteiger partial charge is 0.335 e. The molecule has 1 saturated carbocycles. The summed E-state index contributed by atoms with van der Waals surface area (Å²) in [6.45, 7) is 3.04. The molecule has 1 aliphatic rings. The van der Waals surface area contributed by atoms with Crippen LogP contribution in [0.25, 0.3) is 0 Å². The molecule has 0 bridgehead atoms. The summed E-state index contributed by atoms with van der Waals surface area (Å²) in [6.07, 6.45) is 5.72. The molecule has 4 nitrogen and oxygen atoms in total. The van der Waals surface area contributed by atoms with Crippen LogP contribution in [-0.2, 0) is 11.2 Å². The van der Waals surface area contributed by atoms with E-state index in [1.54, 1.807) is 18.2 Å². The Morgan fingerprint density at radius 2 is 1.86 bits per heavy atom. The molecule has 1 aromatic rings. The van der Waals surface area contributed by atoms with Crippen LogP contribution in [0.1, 0.15) is 54.9 Å². The predicted molar refractivity (Wildman–Crippen MR) is 85.9 cm³/mol. The quantitative estimate of drug-likeness (QED) is 0.847. The third-order valence-corrected chi connectivity index (χ3v) is 4.59. The third kappa shape index (κ3) is 4.86. The van der Waals surface area contributed by atoms with Crippen molar-refractivity contribution in [2.24, 2.45) is 11.8 Å². The fraction of sp³-hybridized carbons (Fsp3) is 0.556. The summed E-state index contributed by atoms with van der Waals surface area (Å²) in [5.74, 6) is 0.497. The van der Waals surface area contributed by atoms with Crippen molar-refractivity contribution in [2.75, 3.05) is 6.54 Å². The second-order valence-corrected chi connectivity index (χ2v) is 6.39. The minimum Gasteiger partial charge on any atom is -0.478 e. The molecule has 120 valence electrons. The van der Waals surface area contributed by atoms with Gasteiger partial charge in [-0.05, 0) is 42.7 Å². The van der Waals surface area contributed by atoms with Crippen molar-refractivity contribution >= 4 is 11.9 Å². The van der Waals surface area contributed by atoms with E-state index in [1.807, 2.05) is 6.07 Å². The summed E-state index contributed by atoms with van der Waals surface area (Å²) >= 11 is 0. The Balaban J connectivity index is 1.75. The Morgan fingerprint density at radius 1 is 1.18 bits per heavy atom. The summed E-state index contributed by atoms with van der Waals surface area (Å²) in [5.41, 5.74) is 1.01. The minimum absolute atomic E-state index is 0.0128. The van der Waals surface area contributed by atoms with E-state index in [9.17, 15) is 9.59 Å². The summed E-state index contributed by atoms with van der Waals surface area (Å²) in [5, 5.41) is 12.1. The number of hydrogen-bond acceptors (Lipinski definition) is 2. The van der Waals surface area contributed by atoms with Crippen molar-refractivity contribution in [1.82, 2.24) is 5.32 Å². The summed E-state index contributed by atoms with van der Waals surface area (Å²) in [6, 6.07) is 6.87. The number of carbonyl (C=O) groups is 2. The lowest BCUT2D eigenvalue weighted by molar-refractivity contribution is -0.121. The first kappa shape index (κ1) is 16.5. The van der Waals surface area contributed by atoms with E-state index < -0.39 is 5.97 Å². The maximum atomic E-state index is 11.9. The fourth-order valence-corrected chi connectivity index (χ4v) is 3.07. The molecule has 2 rings (SSSR count). The van der Waals surface area contributed by atoms with Gasteiger partial charge in [0.05, 0.1) is 5.56 Å². The monoisotopic (exact) mass is 303 g/mol. The average Bonchev–Trinajstić information content (AvgIpc) is 2.52. The van der Waals surface area contributed by atoms with Gasteiger partial charge in [-0.3, -0.25) is 4.79 Å². The first-order valence-electron chi connectivity index (χ1n) is 8.14. The molecule has 0 aromatic heterocycles. The SMILES string of the molecule is CC1CCC(CNC(=O)CCc2ccccc2C(=O)O)CC1. The first-order valence-corrected chi connectivity index (χ1v) is 8.14. The first-order chi connectivity index (χ1) is 10.6. The molecule has 1 amide bonds. The molecule has 1 aliphatic carbocycles. The number of carbonyl (C=O) groups excluding carboxylic acids is 1. The lowest BCUT2D eigenvalue weighted by Gasteiger charge is -2.26. The van der Waals surface area contributed by atoms with E-state index >= 15 is 0 Å². The Hall–Kier alpha value is -1.84. The number of aryl methyl sites for hydroxylation is 1. The Kier molecular flexibility index (Phi) is 5.99. The molecule has 1 fully saturated rings. The standard InChI is InChI=1S/C18H25NO3/c1-13-6-8-14(9-7-13)12-19-17(20)11-10-15-4-2-3-5-16(15)18(21)22/h2-5,13-14H,6-12H2,1H3,(H,19,20)(H,21,22). The van der Waals surface area contributed by atoms with Gasteiger partial charge in [0.25, 0.3) is 0 Å². The molecule has 0 spiro atoms. The van der Waals surface area contributed by atoms with E-state index in [4.69, 9.17) is 5.11 Å². The van der Waals surface area contributed by atoms with Crippen molar-refractivity contribution in [3.63, 3.8) is 0 Å². The maximum Gasteiger partial charge on any atom is 0.335 e. The van der Waals surface area contributed by atoms with Gasteiger partial charge in [-0.25, -0.2) is 4.79 Å². The highest BCUT2D eigenvalue weighted by atomic mass is 16.4. The number of hydrogen-bond donors (Lipinski definition) is 2. The van der Waals surface area contributed by atoms with E-state index in [1.165, 1.54) is 25.7 Å². The van der Waals surface area contributed by atoms with Gasteiger partial charge < -0.3 is 10.4 Å². The molecule has 0 heterocycles. The van der Waals surface area contributed by atoms with Crippen LogP contribution in [0, 0.1) is 11.8 Å². The Labute approximate surface area is 131 Å². The molecule has 2 N–H and O–H groups in total. The van der Waals surface area contributed by atoms with Gasteiger partial charge in [-0.1, -0.05) is 38.0 Å². The number of carboxylic acids is 1. The van der Waals surface area contributed by atoms with E-state index in [2.05, 4.69) is 12.2 Å². The van der Waals surface area contributed by atoms with Gasteiger partial charge in [0.2, 0.25) is 5.91 Å². The Morgan fingerprint density at radius 3 is 2.55 bits per heavy atom. The molecule has 22 heavy (non-hydrogen) atoms. The largest absolute Gasteiger partial charge is 0.478 e. The molecular formula is C18H25NO3. The molecule has 4 heteroatoms. The van der Waals surface area contributed by atoms with Gasteiger partial charge >= 0.3 is 5.97 Å². The van der Waals surface area contributed by atoms with Gasteiger partial charge in [0, 0.05) is 13.0 Å². The average molecular weight is 303 g/mol. The van der Waals surface area contributed by atoms with E-state index in [0.29, 0.717) is 18.8 Å². The maximum absolute atomic E-state index is 11.9. The van der Waals surface area contributed by atoms with Crippen molar-refractivity contribution in [1.29, 1.82) is 0 Å². The van der Waals surface area contributed by atoms with E-state index in [0.717, 1.165) is 18.0 Å². The van der Waals surface area contributed by atoms with E-state index in [-0.39, 0.29) is 11.5 Å². The number of amides is 1. The molecule has 0 atom stereocenters. The van der Waals surface area contributed by atoms with Crippen LogP contribution in [0.5, 0.6) is 0 Å². The summed E-state index contributed by atoms with van der Waals surface area (Å²) < 4.78 is 0. The van der Waals surface area contributed by atoms with Crippen LogP contribution in [0.3, 0.4) is 0 Å². The molecular weight excluding hydrogens is 278 g/mol. The van der Waals surface area contributed by atoms with Crippen LogP contribution in [0.4, 0.5) is 0 Å². The Bertz CT molecular complexity index is 519. The van der Waals surface area contributed by atoms with Crippen molar-refractivity contribution in [2.45, 2.75) is 45.4 Å². The number of carboxylic acid groups (broad SMARTS) is 1. The molecule has 1 aromatic carbocycles. The summed E-state index contributed by atoms with van der Waals surface area (Å²) in [7, 11) is 0.